The van der Waals surface area contributed by atoms with Crippen molar-refractivity contribution in [2.75, 3.05) is 0 Å². The molecule has 0 fully saturated rings. The van der Waals surface area contributed by atoms with Crippen LogP contribution in [0.4, 0.5) is 0 Å². The van der Waals surface area contributed by atoms with Crippen molar-refractivity contribution in [2.24, 2.45) is 0 Å². The highest BCUT2D eigenvalue weighted by Gasteiger charge is 2.28. The third-order valence-corrected chi connectivity index (χ3v) is 5.91. The van der Waals surface area contributed by atoms with Gasteiger partial charge in [-0.15, -0.1) is 5.10 Å². The zero-order valence-corrected chi connectivity index (χ0v) is 15.3. The summed E-state index contributed by atoms with van der Waals surface area (Å²) in [7, 11) is -3.78. The number of nitrogens with zero attached hydrogens (tertiary/aromatic N) is 3. The Kier molecular flexibility index (Phi) is 4.56. The van der Waals surface area contributed by atoms with Crippen LogP contribution in [0, 0.1) is 0 Å². The summed E-state index contributed by atoms with van der Waals surface area (Å²) < 4.78 is 28.0. The van der Waals surface area contributed by atoms with E-state index in [1.54, 1.807) is 35.0 Å². The van der Waals surface area contributed by atoms with E-state index in [0.717, 1.165) is 11.1 Å². The summed E-state index contributed by atoms with van der Waals surface area (Å²) in [4.78, 5) is 0.203. The van der Waals surface area contributed by atoms with E-state index < -0.39 is 9.84 Å². The van der Waals surface area contributed by atoms with Gasteiger partial charge in [0.1, 0.15) is 5.69 Å². The highest BCUT2D eigenvalue weighted by atomic mass is 32.2. The van der Waals surface area contributed by atoms with Crippen LogP contribution in [0.25, 0.3) is 11.3 Å². The van der Waals surface area contributed by atoms with Gasteiger partial charge < -0.3 is 0 Å². The van der Waals surface area contributed by atoms with E-state index in [0.29, 0.717) is 12.2 Å². The zero-order valence-electron chi connectivity index (χ0n) is 14.4. The molecule has 27 heavy (non-hydrogen) atoms. The molecule has 0 saturated heterocycles. The minimum absolute atomic E-state index is 0.0316. The SMILES string of the molecule is O=S(=O)(c1ccccc1)c1nnn(Cc2ccccc2)c1-c1ccccc1. The Labute approximate surface area is 157 Å². The van der Waals surface area contributed by atoms with Crippen molar-refractivity contribution < 1.29 is 8.42 Å². The Morgan fingerprint density at radius 3 is 1.93 bits per heavy atom. The molecule has 4 rings (SSSR count). The van der Waals surface area contributed by atoms with Gasteiger partial charge in [0.15, 0.2) is 0 Å². The van der Waals surface area contributed by atoms with Crippen LogP contribution in [0.3, 0.4) is 0 Å². The molecule has 0 bridgehead atoms. The first kappa shape index (κ1) is 17.2. The van der Waals surface area contributed by atoms with E-state index in [4.69, 9.17) is 0 Å². The molecule has 0 radical (unpaired) electrons. The first-order valence-electron chi connectivity index (χ1n) is 8.49. The number of hydrogen-bond acceptors (Lipinski definition) is 4. The van der Waals surface area contributed by atoms with Crippen molar-refractivity contribution in [2.45, 2.75) is 16.5 Å². The zero-order chi connectivity index (χ0) is 18.7. The molecule has 5 nitrogen and oxygen atoms in total. The number of aromatic nitrogens is 3. The smallest absolute Gasteiger partial charge is 0.227 e. The largest absolute Gasteiger partial charge is 0.239 e. The lowest BCUT2D eigenvalue weighted by molar-refractivity contribution is 0.592. The van der Waals surface area contributed by atoms with Crippen molar-refractivity contribution in [1.29, 1.82) is 0 Å². The fourth-order valence-corrected chi connectivity index (χ4v) is 4.29. The molecule has 0 amide bonds. The van der Waals surface area contributed by atoms with E-state index >= 15 is 0 Å². The van der Waals surface area contributed by atoms with Crippen LogP contribution in [0.15, 0.2) is 101 Å². The van der Waals surface area contributed by atoms with Crippen LogP contribution >= 0.6 is 0 Å². The fraction of sp³-hybridized carbons (Fsp3) is 0.0476. The highest BCUT2D eigenvalue weighted by molar-refractivity contribution is 7.91. The average Bonchev–Trinajstić information content (AvgIpc) is 3.14. The molecule has 0 N–H and O–H groups in total. The molecule has 0 aliphatic carbocycles. The monoisotopic (exact) mass is 375 g/mol. The molecule has 0 unspecified atom stereocenters. The molecule has 0 aliphatic rings. The lowest BCUT2D eigenvalue weighted by atomic mass is 10.1. The maximum Gasteiger partial charge on any atom is 0.227 e. The van der Waals surface area contributed by atoms with Gasteiger partial charge in [-0.1, -0.05) is 84.1 Å². The molecular formula is C21H17N3O2S. The summed E-state index contributed by atoms with van der Waals surface area (Å²) in [6, 6.07) is 27.4. The molecule has 0 aliphatic heterocycles. The Morgan fingerprint density at radius 1 is 0.741 bits per heavy atom. The summed E-state index contributed by atoms with van der Waals surface area (Å²) in [5, 5.41) is 8.20. The molecule has 0 saturated carbocycles. The van der Waals surface area contributed by atoms with Crippen LogP contribution in [0.1, 0.15) is 5.56 Å². The Morgan fingerprint density at radius 2 is 1.30 bits per heavy atom. The lowest BCUT2D eigenvalue weighted by Crippen LogP contribution is -2.07. The topological polar surface area (TPSA) is 64.8 Å². The lowest BCUT2D eigenvalue weighted by Gasteiger charge is -2.09. The molecule has 6 heteroatoms. The van der Waals surface area contributed by atoms with E-state index in [1.807, 2.05) is 60.7 Å². The summed E-state index contributed by atoms with van der Waals surface area (Å²) >= 11 is 0. The van der Waals surface area contributed by atoms with Crippen molar-refractivity contribution in [3.8, 4) is 11.3 Å². The summed E-state index contributed by atoms with van der Waals surface area (Å²) in [5.41, 5.74) is 2.26. The highest BCUT2D eigenvalue weighted by Crippen LogP contribution is 2.30. The molecule has 1 aromatic heterocycles. The average molecular weight is 375 g/mol. The Hall–Kier alpha value is -3.25. The van der Waals surface area contributed by atoms with Gasteiger partial charge in [0.25, 0.3) is 0 Å². The van der Waals surface area contributed by atoms with E-state index in [9.17, 15) is 8.42 Å². The fourth-order valence-electron chi connectivity index (χ4n) is 2.92. The minimum atomic E-state index is -3.78. The summed E-state index contributed by atoms with van der Waals surface area (Å²) in [6.45, 7) is 0.433. The first-order chi connectivity index (χ1) is 13.2. The minimum Gasteiger partial charge on any atom is -0.239 e. The van der Waals surface area contributed by atoms with Crippen molar-refractivity contribution in [3.05, 3.63) is 96.6 Å². The van der Waals surface area contributed by atoms with Gasteiger partial charge in [-0.05, 0) is 17.7 Å². The second-order valence-electron chi connectivity index (χ2n) is 6.07. The van der Waals surface area contributed by atoms with Gasteiger partial charge >= 0.3 is 0 Å². The predicted octanol–water partition coefficient (Wildman–Crippen LogP) is 3.83. The third kappa shape index (κ3) is 3.39. The molecular weight excluding hydrogens is 358 g/mol. The number of sulfone groups is 1. The normalized spacial score (nSPS) is 11.4. The molecule has 134 valence electrons. The Balaban J connectivity index is 1.88. The van der Waals surface area contributed by atoms with E-state index in [1.165, 1.54) is 0 Å². The quantitative estimate of drug-likeness (QED) is 0.532. The second kappa shape index (κ2) is 7.17. The summed E-state index contributed by atoms with van der Waals surface area (Å²) in [6.07, 6.45) is 0. The van der Waals surface area contributed by atoms with Crippen LogP contribution in [-0.2, 0) is 16.4 Å². The first-order valence-corrected chi connectivity index (χ1v) is 9.97. The van der Waals surface area contributed by atoms with Gasteiger partial charge in [0.05, 0.1) is 11.4 Å². The van der Waals surface area contributed by atoms with Crippen LogP contribution in [0.2, 0.25) is 0 Å². The Bertz CT molecular complexity index is 1140. The molecule has 4 aromatic rings. The number of rotatable bonds is 5. The van der Waals surface area contributed by atoms with E-state index in [-0.39, 0.29) is 9.92 Å². The van der Waals surface area contributed by atoms with E-state index in [2.05, 4.69) is 10.3 Å². The van der Waals surface area contributed by atoms with Crippen LogP contribution < -0.4 is 0 Å². The van der Waals surface area contributed by atoms with Crippen molar-refractivity contribution in [1.82, 2.24) is 15.0 Å². The maximum absolute atomic E-state index is 13.2. The third-order valence-electron chi connectivity index (χ3n) is 4.23. The molecule has 3 aromatic carbocycles. The standard InChI is InChI=1S/C21H17N3O2S/c25-27(26,19-14-8-3-9-15-19)21-20(18-12-6-2-7-13-18)24(23-22-21)16-17-10-4-1-5-11-17/h1-15H,16H2. The van der Waals surface area contributed by atoms with Gasteiger partial charge in [0, 0.05) is 5.56 Å². The molecule has 0 atom stereocenters. The van der Waals surface area contributed by atoms with Gasteiger partial charge in [-0.2, -0.15) is 0 Å². The number of hydrogen-bond donors (Lipinski definition) is 0. The number of benzene rings is 3. The second-order valence-corrected chi connectivity index (χ2v) is 7.93. The van der Waals surface area contributed by atoms with Gasteiger partial charge in [-0.3, -0.25) is 0 Å². The van der Waals surface area contributed by atoms with Crippen LogP contribution in [0.5, 0.6) is 0 Å². The summed E-state index contributed by atoms with van der Waals surface area (Å²) in [5.74, 6) is 0. The maximum atomic E-state index is 13.2. The predicted molar refractivity (Wildman–Crippen MR) is 103 cm³/mol. The molecule has 1 heterocycles. The van der Waals surface area contributed by atoms with Crippen molar-refractivity contribution in [3.63, 3.8) is 0 Å². The van der Waals surface area contributed by atoms with Crippen LogP contribution in [-0.4, -0.2) is 23.4 Å². The van der Waals surface area contributed by atoms with Crippen molar-refractivity contribution >= 4 is 9.84 Å². The molecule has 0 spiro atoms. The van der Waals surface area contributed by atoms with Gasteiger partial charge in [0.2, 0.25) is 14.9 Å². The van der Waals surface area contributed by atoms with Gasteiger partial charge in [-0.25, -0.2) is 13.1 Å².